The fraction of sp³-hybridized carbons (Fsp3) is 0.370. The van der Waals surface area contributed by atoms with Crippen LogP contribution in [0.25, 0.3) is 26.8 Å². The van der Waals surface area contributed by atoms with Gasteiger partial charge in [-0.1, -0.05) is 6.08 Å². The molecule has 1 amide bonds. The third kappa shape index (κ3) is 4.74. The van der Waals surface area contributed by atoms with Crippen molar-refractivity contribution in [1.29, 1.82) is 0 Å². The Morgan fingerprint density at radius 2 is 2.03 bits per heavy atom. The van der Waals surface area contributed by atoms with Crippen LogP contribution in [0.4, 0.5) is 11.4 Å². The first kappa shape index (κ1) is 23.1. The second-order valence-corrected chi connectivity index (χ2v) is 10.8. The number of nitrogens with one attached hydrogen (secondary N) is 3. The van der Waals surface area contributed by atoms with Crippen LogP contribution in [0.3, 0.4) is 0 Å². The number of carbonyl (C=O) groups is 1. The highest BCUT2D eigenvalue weighted by Crippen LogP contribution is 2.31. The van der Waals surface area contributed by atoms with Crippen LogP contribution in [0.1, 0.15) is 26.0 Å². The van der Waals surface area contributed by atoms with E-state index in [0.717, 1.165) is 64.4 Å². The predicted octanol–water partition coefficient (Wildman–Crippen LogP) is 4.21. The fourth-order valence-corrected chi connectivity index (χ4v) is 6.11. The van der Waals surface area contributed by atoms with E-state index in [1.54, 1.807) is 11.3 Å². The maximum absolute atomic E-state index is 13.0. The highest BCUT2D eigenvalue weighted by Gasteiger charge is 2.25. The zero-order valence-electron chi connectivity index (χ0n) is 20.6. The summed E-state index contributed by atoms with van der Waals surface area (Å²) in [5, 5.41) is 8.13. The monoisotopic (exact) mass is 501 g/mol. The quantitative estimate of drug-likeness (QED) is 0.380. The lowest BCUT2D eigenvalue weighted by Gasteiger charge is -2.37. The van der Waals surface area contributed by atoms with Crippen molar-refractivity contribution in [2.75, 3.05) is 38.0 Å². The Kier molecular flexibility index (Phi) is 6.20. The lowest BCUT2D eigenvalue weighted by Crippen LogP contribution is -2.56. The number of aromatic nitrogens is 3. The number of pyridine rings is 1. The molecule has 8 nitrogen and oxygen atoms in total. The van der Waals surface area contributed by atoms with Gasteiger partial charge in [0.15, 0.2) is 0 Å². The number of piperazine rings is 1. The number of rotatable bonds is 5. The molecule has 0 bridgehead atoms. The molecule has 9 heteroatoms. The van der Waals surface area contributed by atoms with Crippen LogP contribution in [0.2, 0.25) is 0 Å². The second-order valence-electron chi connectivity index (χ2n) is 9.95. The predicted molar refractivity (Wildman–Crippen MR) is 147 cm³/mol. The average Bonchev–Trinajstić information content (AvgIpc) is 3.51. The van der Waals surface area contributed by atoms with Gasteiger partial charge in [-0.15, -0.1) is 11.3 Å². The molecular formula is C27H31N7OS. The summed E-state index contributed by atoms with van der Waals surface area (Å²) in [6.07, 6.45) is 4.83. The van der Waals surface area contributed by atoms with Crippen molar-refractivity contribution in [2.45, 2.75) is 32.4 Å². The number of anilines is 2. The van der Waals surface area contributed by atoms with E-state index in [-0.39, 0.29) is 5.91 Å². The third-order valence-electron chi connectivity index (χ3n) is 7.04. The molecule has 36 heavy (non-hydrogen) atoms. The Labute approximate surface area is 214 Å². The van der Waals surface area contributed by atoms with Gasteiger partial charge in [0.1, 0.15) is 5.65 Å². The maximum atomic E-state index is 13.0. The summed E-state index contributed by atoms with van der Waals surface area (Å²) >= 11 is 1.64. The molecular weight excluding hydrogens is 470 g/mol. The number of aromatic amines is 1. The van der Waals surface area contributed by atoms with Crippen molar-refractivity contribution in [3.05, 3.63) is 53.8 Å². The molecule has 0 aliphatic carbocycles. The molecule has 1 fully saturated rings. The van der Waals surface area contributed by atoms with Gasteiger partial charge < -0.3 is 20.5 Å². The van der Waals surface area contributed by atoms with Crippen LogP contribution in [0.5, 0.6) is 0 Å². The van der Waals surface area contributed by atoms with Crippen molar-refractivity contribution in [2.24, 2.45) is 0 Å². The van der Waals surface area contributed by atoms with Crippen molar-refractivity contribution >= 4 is 55.4 Å². The van der Waals surface area contributed by atoms with Gasteiger partial charge in [0.25, 0.3) is 0 Å². The molecule has 6 rings (SSSR count). The number of hydrogen-bond donors (Lipinski definition) is 3. The van der Waals surface area contributed by atoms with Gasteiger partial charge in [-0.05, 0) is 56.2 Å². The number of hydrogen-bond acceptors (Lipinski definition) is 7. The van der Waals surface area contributed by atoms with Crippen LogP contribution in [0.15, 0.2) is 48.1 Å². The Morgan fingerprint density at radius 1 is 1.17 bits per heavy atom. The van der Waals surface area contributed by atoms with Gasteiger partial charge in [-0.3, -0.25) is 9.69 Å². The van der Waals surface area contributed by atoms with Crippen LogP contribution < -0.4 is 10.6 Å². The molecule has 2 atom stereocenters. The number of nitrogens with zero attached hydrogens (tertiary/aromatic N) is 4. The number of H-pyrrole nitrogens is 1. The summed E-state index contributed by atoms with van der Waals surface area (Å²) in [7, 11) is 0. The smallest absolute Gasteiger partial charge is 0.237 e. The molecule has 0 saturated carbocycles. The second kappa shape index (κ2) is 9.65. The Bertz CT molecular complexity index is 1430. The molecule has 186 valence electrons. The number of amides is 1. The minimum Gasteiger partial charge on any atom is -0.355 e. The summed E-state index contributed by atoms with van der Waals surface area (Å²) < 4.78 is 1.16. The summed E-state index contributed by atoms with van der Waals surface area (Å²) in [5.41, 5.74) is 8.09. The Morgan fingerprint density at radius 3 is 2.83 bits per heavy atom. The van der Waals surface area contributed by atoms with Crippen LogP contribution in [-0.2, 0) is 4.79 Å². The summed E-state index contributed by atoms with van der Waals surface area (Å²) in [5.74, 6) is 0.217. The molecule has 4 aromatic rings. The van der Waals surface area contributed by atoms with E-state index >= 15 is 0 Å². The van der Waals surface area contributed by atoms with Crippen LogP contribution >= 0.6 is 11.3 Å². The largest absolute Gasteiger partial charge is 0.355 e. The van der Waals surface area contributed by atoms with Gasteiger partial charge >= 0.3 is 0 Å². The lowest BCUT2D eigenvalue weighted by molar-refractivity contribution is -0.132. The molecule has 1 saturated heterocycles. The zero-order valence-corrected chi connectivity index (χ0v) is 21.4. The maximum Gasteiger partial charge on any atom is 0.237 e. The van der Waals surface area contributed by atoms with E-state index in [4.69, 9.17) is 0 Å². The number of carbonyl (C=O) groups excluding carboxylic acids is 1. The number of benzene rings is 1. The Balaban J connectivity index is 1.15. The number of thiazole rings is 1. The summed E-state index contributed by atoms with van der Waals surface area (Å²) in [6, 6.07) is 11.2. The van der Waals surface area contributed by atoms with E-state index in [1.165, 1.54) is 5.57 Å². The molecule has 5 heterocycles. The molecule has 1 aromatic carbocycles. The standard InChI is InChI=1S/C27H31N7OS/c1-17-13-33(14-18(2)30-17)15-26(35)34-9-6-19(7-10-34)24-12-21-22(5-8-28-27(21)32-24)31-20-3-4-23-25(11-20)36-16-29-23/h3-6,8,11-12,16-18,30H,7,9-10,13-15H2,1-2H3,(H2,28,31,32). The first-order valence-corrected chi connectivity index (χ1v) is 13.4. The molecule has 3 N–H and O–H groups in total. The van der Waals surface area contributed by atoms with Crippen molar-refractivity contribution in [3.63, 3.8) is 0 Å². The van der Waals surface area contributed by atoms with Crippen LogP contribution in [-0.4, -0.2) is 75.5 Å². The fourth-order valence-electron chi connectivity index (χ4n) is 5.40. The minimum atomic E-state index is 0.217. The minimum absolute atomic E-state index is 0.217. The zero-order chi connectivity index (χ0) is 24.6. The highest BCUT2D eigenvalue weighted by molar-refractivity contribution is 7.16. The van der Waals surface area contributed by atoms with Gasteiger partial charge in [-0.25, -0.2) is 9.97 Å². The number of fused-ring (bicyclic) bond motifs is 2. The van der Waals surface area contributed by atoms with E-state index in [0.29, 0.717) is 25.2 Å². The Hall–Kier alpha value is -3.27. The van der Waals surface area contributed by atoms with Crippen LogP contribution in [0, 0.1) is 0 Å². The normalized spacial score (nSPS) is 21.2. The summed E-state index contributed by atoms with van der Waals surface area (Å²) in [4.78, 5) is 29.6. The van der Waals surface area contributed by atoms with Crippen molar-refractivity contribution in [1.82, 2.24) is 30.1 Å². The lowest BCUT2D eigenvalue weighted by atomic mass is 10.0. The van der Waals surface area contributed by atoms with E-state index in [1.807, 2.05) is 28.7 Å². The van der Waals surface area contributed by atoms with Gasteiger partial charge in [0.2, 0.25) is 5.91 Å². The molecule has 0 radical (unpaired) electrons. The first-order valence-electron chi connectivity index (χ1n) is 12.6. The first-order chi connectivity index (χ1) is 17.5. The highest BCUT2D eigenvalue weighted by atomic mass is 32.1. The average molecular weight is 502 g/mol. The summed E-state index contributed by atoms with van der Waals surface area (Å²) in [6.45, 7) is 8.08. The molecule has 2 aliphatic rings. The van der Waals surface area contributed by atoms with Gasteiger partial charge in [0.05, 0.1) is 28.0 Å². The van der Waals surface area contributed by atoms with E-state index in [2.05, 4.69) is 68.6 Å². The molecule has 2 aliphatic heterocycles. The van der Waals surface area contributed by atoms with Crippen molar-refractivity contribution in [3.8, 4) is 0 Å². The van der Waals surface area contributed by atoms with Crippen molar-refractivity contribution < 1.29 is 4.79 Å². The van der Waals surface area contributed by atoms with E-state index < -0.39 is 0 Å². The molecule has 3 aromatic heterocycles. The van der Waals surface area contributed by atoms with Gasteiger partial charge in [0, 0.05) is 61.2 Å². The molecule has 2 unspecified atom stereocenters. The molecule has 0 spiro atoms. The topological polar surface area (TPSA) is 89.2 Å². The SMILES string of the molecule is CC1CN(CC(=O)N2CC=C(c3cc4c(Nc5ccc6ncsc6c5)ccnc4[nH]3)CC2)CC(C)N1. The third-order valence-corrected chi connectivity index (χ3v) is 7.83. The van der Waals surface area contributed by atoms with Gasteiger partial charge in [-0.2, -0.15) is 0 Å². The van der Waals surface area contributed by atoms with E-state index in [9.17, 15) is 4.79 Å².